The maximum Gasteiger partial charge on any atom is 0.239 e. The molecule has 2 amide bonds. The number of benzene rings is 1. The predicted octanol–water partition coefficient (Wildman–Crippen LogP) is 0.352. The van der Waals surface area contributed by atoms with Crippen LogP contribution < -0.4 is 21.7 Å². The summed E-state index contributed by atoms with van der Waals surface area (Å²) >= 11 is 0. The first-order chi connectivity index (χ1) is 13.0. The molecule has 0 saturated heterocycles. The Bertz CT molecular complexity index is 768. The average Bonchev–Trinajstić information content (AvgIpc) is 2.67. The van der Waals surface area contributed by atoms with Gasteiger partial charge in [0.05, 0.1) is 13.1 Å². The van der Waals surface area contributed by atoms with Gasteiger partial charge in [0, 0.05) is 37.0 Å². The maximum atomic E-state index is 11.8. The lowest BCUT2D eigenvalue weighted by Crippen LogP contribution is -2.41. The van der Waals surface area contributed by atoms with E-state index in [0.717, 1.165) is 11.3 Å². The van der Waals surface area contributed by atoms with Crippen molar-refractivity contribution in [1.29, 1.82) is 5.41 Å². The van der Waals surface area contributed by atoms with Crippen LogP contribution in [0.3, 0.4) is 0 Å². The van der Waals surface area contributed by atoms with Gasteiger partial charge >= 0.3 is 0 Å². The average molecular weight is 405 g/mol. The molecule has 1 aromatic heterocycles. The molecular weight excluding hydrogens is 380 g/mol. The summed E-state index contributed by atoms with van der Waals surface area (Å²) in [5.41, 5.74) is 7.94. The maximum absolute atomic E-state index is 11.8. The number of nitrogens with two attached hydrogens (primary N) is 1. The highest BCUT2D eigenvalue weighted by atomic mass is 35.5. The molecule has 0 saturated carbocycles. The summed E-state index contributed by atoms with van der Waals surface area (Å²) in [5, 5.41) is 15.7. The van der Waals surface area contributed by atoms with Gasteiger partial charge in [-0.15, -0.1) is 12.4 Å². The monoisotopic (exact) mass is 404 g/mol. The summed E-state index contributed by atoms with van der Waals surface area (Å²) in [6.07, 6.45) is 2.35. The number of aromatic nitrogens is 1. The molecule has 0 spiro atoms. The summed E-state index contributed by atoms with van der Waals surface area (Å²) in [5.74, 6) is -0.471. The SMILES string of the molecule is Cl.N=C(N)c1ccc(CNCC(=O)NCC(=O)NCCc2ccccn2)cc1. The number of carbonyl (C=O) groups excluding carboxylic acids is 2. The molecule has 0 atom stereocenters. The number of hydrogen-bond acceptors (Lipinski definition) is 5. The molecule has 0 aliphatic rings. The third-order valence-electron chi connectivity index (χ3n) is 3.76. The van der Waals surface area contributed by atoms with Crippen molar-refractivity contribution >= 4 is 30.1 Å². The van der Waals surface area contributed by atoms with Crippen LogP contribution in [-0.2, 0) is 22.6 Å². The molecule has 0 aliphatic carbocycles. The van der Waals surface area contributed by atoms with Crippen LogP contribution in [0.2, 0.25) is 0 Å². The predicted molar refractivity (Wildman–Crippen MR) is 110 cm³/mol. The first-order valence-electron chi connectivity index (χ1n) is 8.62. The standard InChI is InChI=1S/C19H24N6O2.ClH/c20-19(21)15-6-4-14(5-7-15)11-22-12-17(26)25-13-18(27)24-10-8-16-3-1-2-9-23-16;/h1-7,9,22H,8,10-13H2,(H3,20,21)(H,24,27)(H,25,26);1H. The van der Waals surface area contributed by atoms with Crippen LogP contribution in [0, 0.1) is 5.41 Å². The lowest BCUT2D eigenvalue weighted by Gasteiger charge is -2.08. The van der Waals surface area contributed by atoms with Gasteiger partial charge in [0.15, 0.2) is 0 Å². The Morgan fingerprint density at radius 1 is 1.00 bits per heavy atom. The van der Waals surface area contributed by atoms with Crippen LogP contribution in [-0.4, -0.2) is 42.3 Å². The lowest BCUT2D eigenvalue weighted by molar-refractivity contribution is -0.125. The molecule has 0 bridgehead atoms. The van der Waals surface area contributed by atoms with Crippen LogP contribution >= 0.6 is 12.4 Å². The molecule has 6 N–H and O–H groups in total. The highest BCUT2D eigenvalue weighted by molar-refractivity contribution is 5.94. The second kappa shape index (κ2) is 12.4. The molecule has 1 aromatic carbocycles. The number of nitrogens with one attached hydrogen (secondary N) is 4. The fraction of sp³-hybridized carbons (Fsp3) is 0.263. The zero-order valence-corrected chi connectivity index (χ0v) is 16.2. The van der Waals surface area contributed by atoms with Crippen LogP contribution in [0.15, 0.2) is 48.7 Å². The quantitative estimate of drug-likeness (QED) is 0.288. The number of halogens is 1. The van der Waals surface area contributed by atoms with E-state index in [4.69, 9.17) is 11.1 Å². The van der Waals surface area contributed by atoms with E-state index in [2.05, 4.69) is 20.9 Å². The van der Waals surface area contributed by atoms with Crippen LogP contribution in [0.25, 0.3) is 0 Å². The summed E-state index contributed by atoms with van der Waals surface area (Å²) in [6.45, 7) is 1.02. The van der Waals surface area contributed by atoms with Crippen molar-refractivity contribution < 1.29 is 9.59 Å². The van der Waals surface area contributed by atoms with Gasteiger partial charge in [0.2, 0.25) is 11.8 Å². The minimum absolute atomic E-state index is 0. The second-order valence-electron chi connectivity index (χ2n) is 5.91. The van der Waals surface area contributed by atoms with E-state index in [1.165, 1.54) is 0 Å². The number of nitrogens with zero attached hydrogens (tertiary/aromatic N) is 1. The number of amidine groups is 1. The number of carbonyl (C=O) groups is 2. The molecule has 2 rings (SSSR count). The van der Waals surface area contributed by atoms with Crippen molar-refractivity contribution in [2.45, 2.75) is 13.0 Å². The Kier molecular flexibility index (Phi) is 10.2. The number of rotatable bonds is 10. The molecule has 0 radical (unpaired) electrons. The lowest BCUT2D eigenvalue weighted by atomic mass is 10.1. The van der Waals surface area contributed by atoms with E-state index >= 15 is 0 Å². The number of hydrogen-bond donors (Lipinski definition) is 5. The molecule has 2 aromatic rings. The third-order valence-corrected chi connectivity index (χ3v) is 3.76. The summed E-state index contributed by atoms with van der Waals surface area (Å²) < 4.78 is 0. The first-order valence-corrected chi connectivity index (χ1v) is 8.62. The fourth-order valence-corrected chi connectivity index (χ4v) is 2.30. The van der Waals surface area contributed by atoms with E-state index in [9.17, 15) is 9.59 Å². The van der Waals surface area contributed by atoms with Gasteiger partial charge in [-0.25, -0.2) is 0 Å². The van der Waals surface area contributed by atoms with Crippen molar-refractivity contribution in [3.63, 3.8) is 0 Å². The smallest absolute Gasteiger partial charge is 0.239 e. The normalized spacial score (nSPS) is 9.86. The number of nitrogen functional groups attached to an aromatic ring is 1. The molecule has 0 unspecified atom stereocenters. The van der Waals surface area contributed by atoms with Gasteiger partial charge < -0.3 is 21.7 Å². The Labute approximate surface area is 170 Å². The Hall–Kier alpha value is -2.97. The van der Waals surface area contributed by atoms with Gasteiger partial charge in [0.25, 0.3) is 0 Å². The minimum atomic E-state index is -0.254. The van der Waals surface area contributed by atoms with Crippen molar-refractivity contribution in [3.05, 3.63) is 65.5 Å². The van der Waals surface area contributed by atoms with Gasteiger partial charge in [0.1, 0.15) is 5.84 Å². The molecule has 1 heterocycles. The first kappa shape index (κ1) is 23.1. The third kappa shape index (κ3) is 8.61. The molecule has 9 heteroatoms. The van der Waals surface area contributed by atoms with Gasteiger partial charge in [-0.1, -0.05) is 30.3 Å². The molecule has 28 heavy (non-hydrogen) atoms. The van der Waals surface area contributed by atoms with Gasteiger partial charge in [-0.2, -0.15) is 0 Å². The summed E-state index contributed by atoms with van der Waals surface area (Å²) in [6, 6.07) is 12.8. The van der Waals surface area contributed by atoms with Crippen LogP contribution in [0.5, 0.6) is 0 Å². The van der Waals surface area contributed by atoms with Crippen LogP contribution in [0.1, 0.15) is 16.8 Å². The van der Waals surface area contributed by atoms with Gasteiger partial charge in [-0.05, 0) is 17.7 Å². The zero-order valence-electron chi connectivity index (χ0n) is 15.4. The second-order valence-corrected chi connectivity index (χ2v) is 5.91. The van der Waals surface area contributed by atoms with Crippen molar-refractivity contribution in [1.82, 2.24) is 20.9 Å². The van der Waals surface area contributed by atoms with E-state index in [0.29, 0.717) is 25.1 Å². The summed E-state index contributed by atoms with van der Waals surface area (Å²) in [7, 11) is 0. The minimum Gasteiger partial charge on any atom is -0.384 e. The van der Waals surface area contributed by atoms with Crippen molar-refractivity contribution in [3.8, 4) is 0 Å². The van der Waals surface area contributed by atoms with Crippen LogP contribution in [0.4, 0.5) is 0 Å². The van der Waals surface area contributed by atoms with Gasteiger partial charge in [-0.3, -0.25) is 20.0 Å². The van der Waals surface area contributed by atoms with Crippen molar-refractivity contribution in [2.24, 2.45) is 5.73 Å². The molecule has 0 aliphatic heterocycles. The largest absolute Gasteiger partial charge is 0.384 e. The van der Waals surface area contributed by atoms with Crippen molar-refractivity contribution in [2.75, 3.05) is 19.6 Å². The summed E-state index contributed by atoms with van der Waals surface area (Å²) in [4.78, 5) is 27.7. The van der Waals surface area contributed by atoms with E-state index in [1.54, 1.807) is 18.3 Å². The van der Waals surface area contributed by atoms with E-state index < -0.39 is 0 Å². The zero-order chi connectivity index (χ0) is 19.5. The highest BCUT2D eigenvalue weighted by Gasteiger charge is 2.05. The fourth-order valence-electron chi connectivity index (χ4n) is 2.30. The Morgan fingerprint density at radius 3 is 2.36 bits per heavy atom. The molecule has 150 valence electrons. The van der Waals surface area contributed by atoms with E-state index in [1.807, 2.05) is 30.3 Å². The highest BCUT2D eigenvalue weighted by Crippen LogP contribution is 2.03. The Balaban J connectivity index is 0.00000392. The van der Waals surface area contributed by atoms with E-state index in [-0.39, 0.29) is 43.1 Å². The number of amides is 2. The molecule has 8 nitrogen and oxygen atoms in total. The molecule has 0 fully saturated rings. The number of pyridine rings is 1. The molecular formula is C19H25ClN6O2. The topological polar surface area (TPSA) is 133 Å². The Morgan fingerprint density at radius 2 is 1.71 bits per heavy atom.